The molecule has 0 nitrogen and oxygen atoms in total. The average molecular weight is 120 g/mol. The first-order chi connectivity index (χ1) is 2.89. The molecule has 0 unspecified atom stereocenters. The molecule has 1 rings (SSSR count). The van der Waals surface area contributed by atoms with Gasteiger partial charge in [-0.05, 0) is 0 Å². The fourth-order valence-corrected chi connectivity index (χ4v) is 0.770. The number of hydrogen-bond acceptors (Lipinski definition) is 1. The molecule has 7 heavy (non-hydrogen) atoms. The second-order valence-electron chi connectivity index (χ2n) is 1.16. The average Bonchev–Trinajstić information content (AvgIpc) is 1.86. The molecule has 1 heterocycles. The molecule has 0 N–H and O–H groups in total. The van der Waals surface area contributed by atoms with E-state index < -0.39 is 0 Å². The Kier molecular flexibility index (Phi) is 4.04. The molecular formula is C5H5NaS. The maximum Gasteiger partial charge on any atom is 1.00 e. The molecule has 0 saturated heterocycles. The summed E-state index contributed by atoms with van der Waals surface area (Å²) in [5.41, 5.74) is 0. The smallest absolute Gasteiger partial charge is 0.301 e. The minimum absolute atomic E-state index is 0. The Morgan fingerprint density at radius 3 is 2.57 bits per heavy atom. The van der Waals surface area contributed by atoms with Gasteiger partial charge in [0.1, 0.15) is 0 Å². The molecule has 0 aliphatic rings. The van der Waals surface area contributed by atoms with Gasteiger partial charge < -0.3 is 11.3 Å². The zero-order chi connectivity index (χ0) is 4.41. The van der Waals surface area contributed by atoms with Crippen molar-refractivity contribution in [2.75, 3.05) is 0 Å². The maximum atomic E-state index is 2.97. The van der Waals surface area contributed by atoms with Gasteiger partial charge in [-0.15, -0.1) is 5.38 Å². The normalized spacial score (nSPS) is 7.57. The van der Waals surface area contributed by atoms with E-state index in [1.54, 1.807) is 11.3 Å². The molecule has 0 radical (unpaired) electrons. The van der Waals surface area contributed by atoms with E-state index in [9.17, 15) is 0 Å². The molecule has 0 aliphatic carbocycles. The standard InChI is InChI=1S/C5H5S.Na/c1-5-3-2-4-6-5;/h2-3H,1H3;/q-1;+1. The number of hydrogen-bond donors (Lipinski definition) is 0. The largest absolute Gasteiger partial charge is 1.00 e. The van der Waals surface area contributed by atoms with E-state index in [-0.39, 0.29) is 29.6 Å². The van der Waals surface area contributed by atoms with Gasteiger partial charge in [0.05, 0.1) is 0 Å². The van der Waals surface area contributed by atoms with Crippen LogP contribution in [0.5, 0.6) is 0 Å². The minimum atomic E-state index is 0. The monoisotopic (exact) mass is 120 g/mol. The van der Waals surface area contributed by atoms with E-state index in [0.717, 1.165) is 0 Å². The third-order valence-electron chi connectivity index (χ3n) is 0.606. The van der Waals surface area contributed by atoms with E-state index in [2.05, 4.69) is 12.3 Å². The molecule has 0 atom stereocenters. The van der Waals surface area contributed by atoms with Crippen LogP contribution in [0.3, 0.4) is 0 Å². The quantitative estimate of drug-likeness (QED) is 0.300. The van der Waals surface area contributed by atoms with E-state index in [1.807, 2.05) is 12.1 Å². The summed E-state index contributed by atoms with van der Waals surface area (Å²) in [5, 5.41) is 2.97. The van der Waals surface area contributed by atoms with Crippen LogP contribution in [0.4, 0.5) is 0 Å². The van der Waals surface area contributed by atoms with Crippen LogP contribution in [0.15, 0.2) is 12.1 Å². The van der Waals surface area contributed by atoms with Gasteiger partial charge >= 0.3 is 29.6 Å². The third kappa shape index (κ3) is 2.50. The van der Waals surface area contributed by atoms with Crippen LogP contribution in [-0.2, 0) is 0 Å². The van der Waals surface area contributed by atoms with E-state index in [4.69, 9.17) is 0 Å². The number of thiophene rings is 1. The molecule has 0 saturated carbocycles. The predicted molar refractivity (Wildman–Crippen MR) is 27.9 cm³/mol. The zero-order valence-corrected chi connectivity index (χ0v) is 7.38. The SMILES string of the molecule is Cc1cc[c-]s1.[Na+]. The Balaban J connectivity index is 0.000000360. The molecule has 0 aliphatic heterocycles. The summed E-state index contributed by atoms with van der Waals surface area (Å²) < 4.78 is 0. The van der Waals surface area contributed by atoms with Crippen LogP contribution >= 0.6 is 11.3 Å². The van der Waals surface area contributed by atoms with Crippen molar-refractivity contribution in [1.82, 2.24) is 0 Å². The van der Waals surface area contributed by atoms with Crippen molar-refractivity contribution >= 4 is 11.3 Å². The van der Waals surface area contributed by atoms with Crippen molar-refractivity contribution in [3.8, 4) is 0 Å². The Morgan fingerprint density at radius 1 is 1.71 bits per heavy atom. The summed E-state index contributed by atoms with van der Waals surface area (Å²) in [7, 11) is 0. The molecule has 0 spiro atoms. The molecule has 0 bridgehead atoms. The molecule has 0 fully saturated rings. The number of aryl methyl sites for hydroxylation is 1. The summed E-state index contributed by atoms with van der Waals surface area (Å²) in [6, 6.07) is 3.98. The van der Waals surface area contributed by atoms with Crippen molar-refractivity contribution in [1.29, 1.82) is 0 Å². The Morgan fingerprint density at radius 2 is 2.43 bits per heavy atom. The second-order valence-corrected chi connectivity index (χ2v) is 2.25. The van der Waals surface area contributed by atoms with Crippen LogP contribution in [0.2, 0.25) is 0 Å². The molecule has 32 valence electrons. The summed E-state index contributed by atoms with van der Waals surface area (Å²) in [5.74, 6) is 0. The topological polar surface area (TPSA) is 0 Å². The summed E-state index contributed by atoms with van der Waals surface area (Å²) in [4.78, 5) is 1.33. The first-order valence-electron chi connectivity index (χ1n) is 1.82. The molecular weight excluding hydrogens is 115 g/mol. The molecule has 1 aromatic rings. The van der Waals surface area contributed by atoms with Gasteiger partial charge in [-0.2, -0.15) is 10.9 Å². The summed E-state index contributed by atoms with van der Waals surface area (Å²) in [6.07, 6.45) is 0. The maximum absolute atomic E-state index is 2.97. The fraction of sp³-hybridized carbons (Fsp3) is 0.200. The van der Waals surface area contributed by atoms with Crippen molar-refractivity contribution in [3.63, 3.8) is 0 Å². The molecule has 2 heteroatoms. The van der Waals surface area contributed by atoms with E-state index in [0.29, 0.717) is 0 Å². The van der Waals surface area contributed by atoms with Gasteiger partial charge in [-0.25, -0.2) is 6.07 Å². The van der Waals surface area contributed by atoms with Crippen LogP contribution in [0, 0.1) is 12.3 Å². The summed E-state index contributed by atoms with van der Waals surface area (Å²) >= 11 is 1.65. The van der Waals surface area contributed by atoms with Gasteiger partial charge in [0.15, 0.2) is 0 Å². The van der Waals surface area contributed by atoms with Crippen LogP contribution in [-0.4, -0.2) is 0 Å². The van der Waals surface area contributed by atoms with E-state index >= 15 is 0 Å². The van der Waals surface area contributed by atoms with Gasteiger partial charge in [-0.1, -0.05) is 6.92 Å². The Bertz CT molecular complexity index is 112. The summed E-state index contributed by atoms with van der Waals surface area (Å²) in [6.45, 7) is 2.07. The van der Waals surface area contributed by atoms with Gasteiger partial charge in [0.25, 0.3) is 0 Å². The fourth-order valence-electron chi connectivity index (χ4n) is 0.312. The first kappa shape index (κ1) is 7.70. The van der Waals surface area contributed by atoms with Crippen molar-refractivity contribution in [3.05, 3.63) is 22.4 Å². The Labute approximate surface area is 69.9 Å². The van der Waals surface area contributed by atoms with Gasteiger partial charge in [0, 0.05) is 0 Å². The molecule has 0 amide bonds. The van der Waals surface area contributed by atoms with E-state index in [1.165, 1.54) is 4.88 Å². The van der Waals surface area contributed by atoms with Crippen LogP contribution in [0.25, 0.3) is 0 Å². The van der Waals surface area contributed by atoms with Crippen LogP contribution in [0.1, 0.15) is 4.88 Å². The third-order valence-corrected chi connectivity index (χ3v) is 1.32. The van der Waals surface area contributed by atoms with Gasteiger partial charge in [0.2, 0.25) is 0 Å². The molecule has 1 aromatic heterocycles. The van der Waals surface area contributed by atoms with Crippen molar-refractivity contribution in [2.45, 2.75) is 6.92 Å². The van der Waals surface area contributed by atoms with Crippen LogP contribution < -0.4 is 29.6 Å². The number of rotatable bonds is 0. The predicted octanol–water partition coefficient (Wildman–Crippen LogP) is -1.14. The second kappa shape index (κ2) is 3.67. The molecule has 0 aromatic carbocycles. The Hall–Kier alpha value is 0.700. The van der Waals surface area contributed by atoms with Gasteiger partial charge in [-0.3, -0.25) is 0 Å². The van der Waals surface area contributed by atoms with Crippen molar-refractivity contribution < 1.29 is 29.6 Å². The zero-order valence-electron chi connectivity index (χ0n) is 4.56. The minimum Gasteiger partial charge on any atom is -0.301 e. The van der Waals surface area contributed by atoms with Crippen molar-refractivity contribution in [2.24, 2.45) is 0 Å². The first-order valence-corrected chi connectivity index (χ1v) is 2.64.